The molecule has 0 aliphatic carbocycles. The first-order valence-electron chi connectivity index (χ1n) is 6.40. The van der Waals surface area contributed by atoms with E-state index in [0.29, 0.717) is 29.5 Å². The van der Waals surface area contributed by atoms with Crippen LogP contribution in [0.2, 0.25) is 0 Å². The van der Waals surface area contributed by atoms with Gasteiger partial charge in [-0.1, -0.05) is 0 Å². The van der Waals surface area contributed by atoms with E-state index in [4.69, 9.17) is 15.2 Å². The second-order valence-electron chi connectivity index (χ2n) is 4.74. The first kappa shape index (κ1) is 16.6. The van der Waals surface area contributed by atoms with Crippen molar-refractivity contribution < 1.29 is 14.3 Å². The van der Waals surface area contributed by atoms with Gasteiger partial charge in [-0.2, -0.15) is 0 Å². The Morgan fingerprint density at radius 3 is 2.35 bits per heavy atom. The second kappa shape index (κ2) is 7.36. The number of likely N-dealkylation sites (tertiary alicyclic amines) is 1. The lowest BCUT2D eigenvalue weighted by Gasteiger charge is -2.17. The van der Waals surface area contributed by atoms with Gasteiger partial charge in [0.1, 0.15) is 11.5 Å². The number of carbonyl (C=O) groups excluding carboxylic acids is 1. The van der Waals surface area contributed by atoms with Gasteiger partial charge in [-0.3, -0.25) is 4.79 Å². The van der Waals surface area contributed by atoms with Gasteiger partial charge in [-0.05, 0) is 31.0 Å². The van der Waals surface area contributed by atoms with Crippen LogP contribution in [0.25, 0.3) is 0 Å². The Labute approximate surface area is 125 Å². The molecule has 1 aliphatic rings. The van der Waals surface area contributed by atoms with Gasteiger partial charge < -0.3 is 20.1 Å². The van der Waals surface area contributed by atoms with Crippen LogP contribution in [0.1, 0.15) is 16.8 Å². The highest BCUT2D eigenvalue weighted by atomic mass is 35.5. The number of hydrogen-bond donors (Lipinski definition) is 1. The largest absolute Gasteiger partial charge is 0.497 e. The van der Waals surface area contributed by atoms with E-state index in [-0.39, 0.29) is 18.3 Å². The molecule has 0 saturated carbocycles. The normalized spacial score (nSPS) is 17.6. The summed E-state index contributed by atoms with van der Waals surface area (Å²) in [6, 6.07) is 5.23. The second-order valence-corrected chi connectivity index (χ2v) is 4.74. The Balaban J connectivity index is 0.00000200. The van der Waals surface area contributed by atoms with E-state index in [1.54, 1.807) is 32.4 Å². The number of methoxy groups -OCH3 is 2. The Morgan fingerprint density at radius 1 is 1.30 bits per heavy atom. The number of hydrogen-bond acceptors (Lipinski definition) is 4. The molecule has 1 saturated heterocycles. The number of rotatable bonds is 4. The standard InChI is InChI=1S/C14H20N2O3.ClH/c1-18-12-5-11(6-13(7-12)19-2)14(17)16-4-3-10(8-15)9-16;/h5-7,10H,3-4,8-9,15H2,1-2H3;1H. The van der Waals surface area contributed by atoms with Crippen molar-refractivity contribution in [1.82, 2.24) is 4.90 Å². The van der Waals surface area contributed by atoms with Crippen LogP contribution in [0.4, 0.5) is 0 Å². The molecule has 1 heterocycles. The van der Waals surface area contributed by atoms with Crippen LogP contribution in [0.3, 0.4) is 0 Å². The summed E-state index contributed by atoms with van der Waals surface area (Å²) in [5.41, 5.74) is 6.24. The summed E-state index contributed by atoms with van der Waals surface area (Å²) in [4.78, 5) is 14.3. The van der Waals surface area contributed by atoms with Crippen molar-refractivity contribution in [2.24, 2.45) is 11.7 Å². The van der Waals surface area contributed by atoms with Crippen LogP contribution in [0.5, 0.6) is 11.5 Å². The van der Waals surface area contributed by atoms with Gasteiger partial charge in [0.05, 0.1) is 14.2 Å². The predicted molar refractivity (Wildman–Crippen MR) is 79.9 cm³/mol. The maximum Gasteiger partial charge on any atom is 0.254 e. The van der Waals surface area contributed by atoms with Crippen molar-refractivity contribution in [3.05, 3.63) is 23.8 Å². The number of nitrogens with zero attached hydrogens (tertiary/aromatic N) is 1. The fourth-order valence-corrected chi connectivity index (χ4v) is 2.32. The summed E-state index contributed by atoms with van der Waals surface area (Å²) in [6.07, 6.45) is 0.976. The highest BCUT2D eigenvalue weighted by Crippen LogP contribution is 2.25. The molecular weight excluding hydrogens is 280 g/mol. The van der Waals surface area contributed by atoms with Gasteiger partial charge in [-0.25, -0.2) is 0 Å². The maximum atomic E-state index is 12.4. The number of halogens is 1. The van der Waals surface area contributed by atoms with Crippen molar-refractivity contribution in [3.63, 3.8) is 0 Å². The van der Waals surface area contributed by atoms with E-state index >= 15 is 0 Å². The SMILES string of the molecule is COc1cc(OC)cc(C(=O)N2CCC(CN)C2)c1.Cl. The molecule has 6 heteroatoms. The molecule has 1 amide bonds. The molecule has 0 radical (unpaired) electrons. The van der Waals surface area contributed by atoms with Gasteiger partial charge in [0, 0.05) is 24.7 Å². The average molecular weight is 301 g/mol. The van der Waals surface area contributed by atoms with Crippen LogP contribution in [0, 0.1) is 5.92 Å². The van der Waals surface area contributed by atoms with Crippen molar-refractivity contribution in [3.8, 4) is 11.5 Å². The molecule has 1 aromatic carbocycles. The van der Waals surface area contributed by atoms with E-state index in [0.717, 1.165) is 19.5 Å². The average Bonchev–Trinajstić information content (AvgIpc) is 2.94. The van der Waals surface area contributed by atoms with Crippen molar-refractivity contribution in [2.45, 2.75) is 6.42 Å². The third-order valence-electron chi connectivity index (χ3n) is 3.50. The third-order valence-corrected chi connectivity index (χ3v) is 3.50. The Hall–Kier alpha value is -1.46. The molecule has 1 unspecified atom stereocenters. The maximum absolute atomic E-state index is 12.4. The number of amides is 1. The molecule has 5 nitrogen and oxygen atoms in total. The molecule has 2 rings (SSSR count). The van der Waals surface area contributed by atoms with Crippen molar-refractivity contribution >= 4 is 18.3 Å². The van der Waals surface area contributed by atoms with Crippen LogP contribution >= 0.6 is 12.4 Å². The molecule has 1 aromatic rings. The topological polar surface area (TPSA) is 64.8 Å². The first-order valence-corrected chi connectivity index (χ1v) is 6.40. The zero-order chi connectivity index (χ0) is 13.8. The Morgan fingerprint density at radius 2 is 1.90 bits per heavy atom. The summed E-state index contributed by atoms with van der Waals surface area (Å²) in [5, 5.41) is 0. The lowest BCUT2D eigenvalue weighted by Crippen LogP contribution is -2.29. The zero-order valence-electron chi connectivity index (χ0n) is 11.8. The van der Waals surface area contributed by atoms with Crippen LogP contribution in [0.15, 0.2) is 18.2 Å². The van der Waals surface area contributed by atoms with Crippen molar-refractivity contribution in [1.29, 1.82) is 0 Å². The fourth-order valence-electron chi connectivity index (χ4n) is 2.32. The summed E-state index contributed by atoms with van der Waals surface area (Å²) in [6.45, 7) is 2.13. The molecule has 0 bridgehead atoms. The molecule has 1 fully saturated rings. The quantitative estimate of drug-likeness (QED) is 0.916. The number of ether oxygens (including phenoxy) is 2. The van der Waals surface area contributed by atoms with E-state index < -0.39 is 0 Å². The fraction of sp³-hybridized carbons (Fsp3) is 0.500. The summed E-state index contributed by atoms with van der Waals surface area (Å²) >= 11 is 0. The Bertz CT molecular complexity index is 445. The van der Waals surface area contributed by atoms with Gasteiger partial charge in [0.25, 0.3) is 5.91 Å². The number of carbonyl (C=O) groups is 1. The van der Waals surface area contributed by atoms with E-state index in [9.17, 15) is 4.79 Å². The molecule has 20 heavy (non-hydrogen) atoms. The van der Waals surface area contributed by atoms with Crippen LogP contribution in [-0.2, 0) is 0 Å². The number of benzene rings is 1. The molecule has 1 aliphatic heterocycles. The van der Waals surface area contributed by atoms with E-state index in [1.165, 1.54) is 0 Å². The summed E-state index contributed by atoms with van der Waals surface area (Å²) in [7, 11) is 3.15. The molecule has 2 N–H and O–H groups in total. The predicted octanol–water partition coefficient (Wildman–Crippen LogP) is 1.55. The van der Waals surface area contributed by atoms with E-state index in [2.05, 4.69) is 0 Å². The molecule has 0 spiro atoms. The lowest BCUT2D eigenvalue weighted by atomic mass is 10.1. The summed E-state index contributed by atoms with van der Waals surface area (Å²) < 4.78 is 10.4. The van der Waals surface area contributed by atoms with E-state index in [1.807, 2.05) is 4.90 Å². The van der Waals surface area contributed by atoms with Crippen molar-refractivity contribution in [2.75, 3.05) is 33.9 Å². The smallest absolute Gasteiger partial charge is 0.254 e. The molecule has 1 atom stereocenters. The van der Waals surface area contributed by atoms with Gasteiger partial charge in [0.2, 0.25) is 0 Å². The molecular formula is C14H21ClN2O3. The highest BCUT2D eigenvalue weighted by Gasteiger charge is 2.26. The molecule has 0 aromatic heterocycles. The van der Waals surface area contributed by atoms with Gasteiger partial charge >= 0.3 is 0 Å². The van der Waals surface area contributed by atoms with Crippen LogP contribution < -0.4 is 15.2 Å². The lowest BCUT2D eigenvalue weighted by molar-refractivity contribution is 0.0787. The zero-order valence-corrected chi connectivity index (χ0v) is 12.6. The minimum absolute atomic E-state index is 0. The minimum atomic E-state index is 0. The highest BCUT2D eigenvalue weighted by molar-refractivity contribution is 5.95. The number of nitrogens with two attached hydrogens (primary N) is 1. The monoisotopic (exact) mass is 300 g/mol. The third kappa shape index (κ3) is 3.55. The molecule has 112 valence electrons. The summed E-state index contributed by atoms with van der Waals surface area (Å²) in [5.74, 6) is 1.67. The Kier molecular flexibility index (Phi) is 6.10. The van der Waals surface area contributed by atoms with Gasteiger partial charge in [0.15, 0.2) is 0 Å². The van der Waals surface area contributed by atoms with Crippen LogP contribution in [-0.4, -0.2) is 44.7 Å². The van der Waals surface area contributed by atoms with Gasteiger partial charge in [-0.15, -0.1) is 12.4 Å². The first-order chi connectivity index (χ1) is 9.17. The minimum Gasteiger partial charge on any atom is -0.497 e.